The molecule has 0 radical (unpaired) electrons. The van der Waals surface area contributed by atoms with Gasteiger partial charge in [-0.25, -0.2) is 0 Å². The molecule has 0 spiro atoms. The smallest absolute Gasteiger partial charge is 0.305 e. The van der Waals surface area contributed by atoms with Gasteiger partial charge in [-0.1, -0.05) is 113 Å². The second-order valence-electron chi connectivity index (χ2n) is 18.3. The van der Waals surface area contributed by atoms with Crippen molar-refractivity contribution >= 4 is 41.8 Å². The fourth-order valence-corrected chi connectivity index (χ4v) is 7.03. The first-order valence-corrected chi connectivity index (χ1v) is 30.5. The number of hydrogen-bond donors (Lipinski definition) is 1. The SMILES string of the molecule is COC(=O)CCC/C=C\CCCCCCC/C=C\CCC[C@H](C)O.COC(=O)CCC/C=C\CCCCCCC/C=C\CCC[C@H](C)O[Si](C)(C)C.C[Si](C)(C)C.S. The number of unbranched alkanes of at least 4 members (excludes halogenated alkanes) is 16. The van der Waals surface area contributed by atoms with Crippen LogP contribution in [-0.2, 0) is 23.5 Å². The van der Waals surface area contributed by atoms with Crippen LogP contribution in [0.2, 0.25) is 45.8 Å². The van der Waals surface area contributed by atoms with Gasteiger partial charge >= 0.3 is 11.9 Å². The fourth-order valence-electron chi connectivity index (χ4n) is 5.70. The summed E-state index contributed by atoms with van der Waals surface area (Å²) in [7, 11) is 0.901. The van der Waals surface area contributed by atoms with Crippen LogP contribution in [0.25, 0.3) is 0 Å². The van der Waals surface area contributed by atoms with E-state index in [9.17, 15) is 9.59 Å². The summed E-state index contributed by atoms with van der Waals surface area (Å²) in [6, 6.07) is 0. The molecular weight excluding hydrogens is 773 g/mol. The maximum atomic E-state index is 11.0. The van der Waals surface area contributed by atoms with Crippen LogP contribution in [0.15, 0.2) is 48.6 Å². The van der Waals surface area contributed by atoms with Crippen LogP contribution in [-0.4, -0.2) is 59.9 Å². The molecule has 6 nitrogen and oxygen atoms in total. The van der Waals surface area contributed by atoms with Gasteiger partial charge in [-0.05, 0) is 149 Å². The summed E-state index contributed by atoms with van der Waals surface area (Å²) in [5, 5.41) is 9.15. The van der Waals surface area contributed by atoms with Crippen LogP contribution >= 0.6 is 13.5 Å². The molecule has 0 amide bonds. The molecular formula is C49H98O6SSi2. The molecule has 0 aliphatic rings. The van der Waals surface area contributed by atoms with E-state index in [1.807, 2.05) is 6.92 Å². The van der Waals surface area contributed by atoms with Crippen LogP contribution in [0.1, 0.15) is 181 Å². The summed E-state index contributed by atoms with van der Waals surface area (Å²) in [5.41, 5.74) is 0. The lowest BCUT2D eigenvalue weighted by Crippen LogP contribution is -2.30. The fraction of sp³-hybridized carbons (Fsp3) is 0.796. The van der Waals surface area contributed by atoms with Crippen molar-refractivity contribution in [1.82, 2.24) is 0 Å². The molecule has 0 heterocycles. The second kappa shape index (κ2) is 46.7. The molecule has 58 heavy (non-hydrogen) atoms. The lowest BCUT2D eigenvalue weighted by molar-refractivity contribution is -0.141. The van der Waals surface area contributed by atoms with Gasteiger partial charge in [0.25, 0.3) is 0 Å². The number of aliphatic hydroxyl groups excluding tert-OH is 1. The summed E-state index contributed by atoms with van der Waals surface area (Å²) in [4.78, 5) is 21.9. The Morgan fingerprint density at radius 2 is 0.724 bits per heavy atom. The number of esters is 2. The molecule has 0 saturated heterocycles. The van der Waals surface area contributed by atoms with Crippen molar-refractivity contribution in [2.24, 2.45) is 0 Å². The zero-order chi connectivity index (χ0) is 43.5. The van der Waals surface area contributed by atoms with Crippen LogP contribution in [0.5, 0.6) is 0 Å². The van der Waals surface area contributed by atoms with Crippen molar-refractivity contribution in [2.45, 2.75) is 239 Å². The van der Waals surface area contributed by atoms with E-state index in [1.165, 1.54) is 111 Å². The zero-order valence-corrected chi connectivity index (χ0v) is 43.1. The summed E-state index contributed by atoms with van der Waals surface area (Å²) < 4.78 is 15.3. The van der Waals surface area contributed by atoms with Gasteiger partial charge < -0.3 is 19.0 Å². The van der Waals surface area contributed by atoms with E-state index < -0.39 is 16.4 Å². The number of carbonyl (C=O) groups is 2. The van der Waals surface area contributed by atoms with Gasteiger partial charge in [0.2, 0.25) is 0 Å². The van der Waals surface area contributed by atoms with Crippen LogP contribution in [0.4, 0.5) is 0 Å². The largest absolute Gasteiger partial charge is 0.469 e. The van der Waals surface area contributed by atoms with E-state index in [0.717, 1.165) is 57.8 Å². The molecule has 344 valence electrons. The second-order valence-corrected chi connectivity index (χ2v) is 28.7. The van der Waals surface area contributed by atoms with Gasteiger partial charge in [-0.3, -0.25) is 9.59 Å². The van der Waals surface area contributed by atoms with Crippen LogP contribution in [0.3, 0.4) is 0 Å². The third-order valence-corrected chi connectivity index (χ3v) is 9.75. The van der Waals surface area contributed by atoms with Gasteiger partial charge in [-0.15, -0.1) is 0 Å². The maximum Gasteiger partial charge on any atom is 0.305 e. The van der Waals surface area contributed by atoms with E-state index in [0.29, 0.717) is 18.9 Å². The van der Waals surface area contributed by atoms with E-state index in [2.05, 4.69) is 111 Å². The first-order chi connectivity index (χ1) is 27.0. The highest BCUT2D eigenvalue weighted by Gasteiger charge is 2.17. The van der Waals surface area contributed by atoms with Gasteiger partial charge in [0, 0.05) is 27.0 Å². The number of carbonyl (C=O) groups excluding carboxylic acids is 2. The molecule has 9 heteroatoms. The van der Waals surface area contributed by atoms with Crippen molar-refractivity contribution in [3.05, 3.63) is 48.6 Å². The average molecular weight is 872 g/mol. The monoisotopic (exact) mass is 871 g/mol. The minimum Gasteiger partial charge on any atom is -0.469 e. The number of rotatable bonds is 34. The number of ether oxygens (including phenoxy) is 2. The Kier molecular flexibility index (Phi) is 50.9. The number of aliphatic hydroxyl groups is 1. The van der Waals surface area contributed by atoms with E-state index in [-0.39, 0.29) is 31.5 Å². The highest BCUT2D eigenvalue weighted by molar-refractivity contribution is 7.59. The van der Waals surface area contributed by atoms with Gasteiger partial charge in [0.15, 0.2) is 8.32 Å². The number of hydrogen-bond acceptors (Lipinski definition) is 6. The van der Waals surface area contributed by atoms with Crippen molar-refractivity contribution in [1.29, 1.82) is 0 Å². The predicted molar refractivity (Wildman–Crippen MR) is 266 cm³/mol. The van der Waals surface area contributed by atoms with Crippen LogP contribution < -0.4 is 0 Å². The Hall–Kier alpha value is -1.40. The third kappa shape index (κ3) is 69.2. The summed E-state index contributed by atoms with van der Waals surface area (Å²) in [6.45, 7) is 20.1. The molecule has 0 aromatic rings. The molecule has 0 fully saturated rings. The van der Waals surface area contributed by atoms with Gasteiger partial charge in [-0.2, -0.15) is 13.5 Å². The molecule has 2 atom stereocenters. The number of allylic oxidation sites excluding steroid dienone is 8. The topological polar surface area (TPSA) is 82.1 Å². The van der Waals surface area contributed by atoms with E-state index in [1.54, 1.807) is 0 Å². The first-order valence-electron chi connectivity index (χ1n) is 23.1. The predicted octanol–water partition coefficient (Wildman–Crippen LogP) is 15.4. The Labute approximate surface area is 370 Å². The standard InChI is InChI=1S/C24H46O3Si.C21H38O3.C4H12Si.H2S/c1-23(27-28(3,4)5)21-19-17-15-13-11-9-7-6-8-10-12-14-16-18-20-22-24(25)26-2;1-20(22)18-16-14-12-10-8-6-4-3-5-7-9-11-13-15-17-19-21(23)24-2;1-5(2,3)4;/h13-16,23H,6-12,17-22H2,1-5H3;10-13,20,22H,3-9,14-19H2,1-2H3;1-4H3;1H2/b15-13-,16-14-;12-10-,13-11-;;/t23-;20-;;/m00../s1. The maximum absolute atomic E-state index is 11.0. The molecule has 0 saturated carbocycles. The molecule has 1 N–H and O–H groups in total. The Morgan fingerprint density at radius 1 is 0.466 bits per heavy atom. The van der Waals surface area contributed by atoms with Crippen molar-refractivity contribution in [3.63, 3.8) is 0 Å². The molecule has 0 rings (SSSR count). The molecule has 0 aliphatic carbocycles. The molecule has 0 aliphatic heterocycles. The Balaban J connectivity index is -0.000000446. The first kappa shape index (κ1) is 63.2. The summed E-state index contributed by atoms with van der Waals surface area (Å²) in [5.74, 6) is -0.220. The summed E-state index contributed by atoms with van der Waals surface area (Å²) >= 11 is 0. The van der Waals surface area contributed by atoms with Crippen molar-refractivity contribution in [2.75, 3.05) is 14.2 Å². The van der Waals surface area contributed by atoms with Crippen LogP contribution in [0, 0.1) is 0 Å². The minimum atomic E-state index is -1.37. The normalized spacial score (nSPS) is 12.9. The molecule has 0 aromatic carbocycles. The molecule has 0 bridgehead atoms. The highest BCUT2D eigenvalue weighted by atomic mass is 32.1. The third-order valence-electron chi connectivity index (χ3n) is 8.64. The number of methoxy groups -OCH3 is 2. The van der Waals surface area contributed by atoms with Gasteiger partial charge in [0.05, 0.1) is 20.3 Å². The lowest BCUT2D eigenvalue weighted by atomic mass is 10.1. The quantitative estimate of drug-likeness (QED) is 0.0300. The molecule has 0 aromatic heterocycles. The van der Waals surface area contributed by atoms with E-state index in [4.69, 9.17) is 9.53 Å². The van der Waals surface area contributed by atoms with E-state index >= 15 is 0 Å². The Bertz CT molecular complexity index is 992. The average Bonchev–Trinajstić information content (AvgIpc) is 3.12. The summed E-state index contributed by atoms with van der Waals surface area (Å²) in [6.07, 6.45) is 47.7. The highest BCUT2D eigenvalue weighted by Crippen LogP contribution is 2.14. The molecule has 0 unspecified atom stereocenters. The Morgan fingerprint density at radius 3 is 1.00 bits per heavy atom. The minimum absolute atomic E-state index is 0. The van der Waals surface area contributed by atoms with Crippen molar-refractivity contribution in [3.8, 4) is 0 Å². The zero-order valence-electron chi connectivity index (χ0n) is 40.1. The lowest BCUT2D eigenvalue weighted by Gasteiger charge is -2.23. The van der Waals surface area contributed by atoms with Gasteiger partial charge in [0.1, 0.15) is 0 Å². The van der Waals surface area contributed by atoms with Crippen molar-refractivity contribution < 1.29 is 28.6 Å².